The van der Waals surface area contributed by atoms with Gasteiger partial charge in [-0.15, -0.1) is 0 Å². The maximum atomic E-state index is 13.0. The van der Waals surface area contributed by atoms with Gasteiger partial charge in [-0.2, -0.15) is 4.98 Å². The van der Waals surface area contributed by atoms with Crippen LogP contribution in [-0.2, 0) is 16.1 Å². The highest BCUT2D eigenvalue weighted by molar-refractivity contribution is 5.67. The van der Waals surface area contributed by atoms with E-state index in [-0.39, 0.29) is 23.9 Å². The van der Waals surface area contributed by atoms with Gasteiger partial charge in [0.2, 0.25) is 5.82 Å². The summed E-state index contributed by atoms with van der Waals surface area (Å²) in [6.07, 6.45) is 0. The zero-order chi connectivity index (χ0) is 14.7. The van der Waals surface area contributed by atoms with Crippen molar-refractivity contribution in [2.75, 3.05) is 6.61 Å². The van der Waals surface area contributed by atoms with Crippen LogP contribution < -0.4 is 0 Å². The van der Waals surface area contributed by atoms with E-state index < -0.39 is 30.0 Å². The van der Waals surface area contributed by atoms with Crippen LogP contribution in [0.3, 0.4) is 0 Å². The molecule has 0 aliphatic carbocycles. The Hall–Kier alpha value is -2.42. The van der Waals surface area contributed by atoms with Crippen molar-refractivity contribution in [2.24, 2.45) is 0 Å². The second-order valence-corrected chi connectivity index (χ2v) is 3.65. The van der Waals surface area contributed by atoms with Crippen LogP contribution in [0.1, 0.15) is 5.89 Å². The molecule has 9 heteroatoms. The first kappa shape index (κ1) is 14.0. The Morgan fingerprint density at radius 2 is 1.95 bits per heavy atom. The van der Waals surface area contributed by atoms with Gasteiger partial charge in [-0.25, -0.2) is 18.0 Å². The van der Waals surface area contributed by atoms with E-state index in [2.05, 4.69) is 10.1 Å². The van der Waals surface area contributed by atoms with E-state index in [1.54, 1.807) is 0 Å². The number of halogens is 3. The molecule has 106 valence electrons. The molecule has 6 nitrogen and oxygen atoms in total. The third-order valence-electron chi connectivity index (χ3n) is 2.16. The van der Waals surface area contributed by atoms with Crippen LogP contribution in [0.25, 0.3) is 11.4 Å². The van der Waals surface area contributed by atoms with Crippen molar-refractivity contribution in [1.29, 1.82) is 0 Å². The number of carbonyl (C=O) groups is 1. The van der Waals surface area contributed by atoms with Gasteiger partial charge in [-0.1, -0.05) is 5.16 Å². The summed E-state index contributed by atoms with van der Waals surface area (Å²) in [5.74, 6) is -5.78. The fraction of sp³-hybridized carbons (Fsp3) is 0.182. The van der Waals surface area contributed by atoms with Gasteiger partial charge in [0.15, 0.2) is 17.5 Å². The molecular formula is C11H7F3N2O4. The van der Waals surface area contributed by atoms with Crippen molar-refractivity contribution in [3.8, 4) is 11.4 Å². The molecule has 0 bridgehead atoms. The molecule has 0 aliphatic rings. The number of rotatable bonds is 5. The highest BCUT2D eigenvalue weighted by atomic mass is 19.2. The number of hydrogen-bond donors (Lipinski definition) is 1. The minimum absolute atomic E-state index is 0.0774. The smallest absolute Gasteiger partial charge is 0.329 e. The molecule has 0 spiro atoms. The van der Waals surface area contributed by atoms with Crippen LogP contribution in [0, 0.1) is 17.5 Å². The van der Waals surface area contributed by atoms with Crippen LogP contribution >= 0.6 is 0 Å². The summed E-state index contributed by atoms with van der Waals surface area (Å²) < 4.78 is 48.2. The number of carboxylic acid groups (broad SMARTS) is 1. The maximum absolute atomic E-state index is 13.0. The van der Waals surface area contributed by atoms with E-state index >= 15 is 0 Å². The Kier molecular flexibility index (Phi) is 3.99. The average molecular weight is 288 g/mol. The van der Waals surface area contributed by atoms with Crippen molar-refractivity contribution in [2.45, 2.75) is 6.61 Å². The van der Waals surface area contributed by atoms with Crippen LogP contribution in [0.2, 0.25) is 0 Å². The van der Waals surface area contributed by atoms with Gasteiger partial charge in [0.1, 0.15) is 13.2 Å². The molecular weight excluding hydrogens is 281 g/mol. The Morgan fingerprint density at radius 1 is 1.30 bits per heavy atom. The number of benzene rings is 1. The Bertz CT molecular complexity index is 621. The Morgan fingerprint density at radius 3 is 2.55 bits per heavy atom. The van der Waals surface area contributed by atoms with Crippen LogP contribution in [0.4, 0.5) is 13.2 Å². The summed E-state index contributed by atoms with van der Waals surface area (Å²) in [7, 11) is 0. The second-order valence-electron chi connectivity index (χ2n) is 3.65. The van der Waals surface area contributed by atoms with E-state index in [9.17, 15) is 18.0 Å². The number of nitrogens with zero attached hydrogens (tertiary/aromatic N) is 2. The van der Waals surface area contributed by atoms with Gasteiger partial charge in [0, 0.05) is 5.56 Å². The lowest BCUT2D eigenvalue weighted by atomic mass is 10.2. The van der Waals surface area contributed by atoms with Crippen molar-refractivity contribution < 1.29 is 32.3 Å². The third kappa shape index (κ3) is 3.12. The first-order chi connectivity index (χ1) is 9.47. The number of hydrogen-bond acceptors (Lipinski definition) is 5. The first-order valence-corrected chi connectivity index (χ1v) is 5.24. The zero-order valence-corrected chi connectivity index (χ0v) is 9.77. The normalized spacial score (nSPS) is 10.8. The summed E-state index contributed by atoms with van der Waals surface area (Å²) in [6, 6.07) is 1.43. The van der Waals surface area contributed by atoms with Crippen molar-refractivity contribution >= 4 is 5.97 Å². The van der Waals surface area contributed by atoms with Crippen LogP contribution in [0.15, 0.2) is 16.7 Å². The summed E-state index contributed by atoms with van der Waals surface area (Å²) in [5.41, 5.74) is -0.116. The quantitative estimate of drug-likeness (QED) is 0.844. The summed E-state index contributed by atoms with van der Waals surface area (Å²) in [5, 5.41) is 11.8. The molecule has 0 saturated heterocycles. The largest absolute Gasteiger partial charge is 0.480 e. The number of aromatic nitrogens is 2. The van der Waals surface area contributed by atoms with Gasteiger partial charge >= 0.3 is 5.97 Å². The van der Waals surface area contributed by atoms with Gasteiger partial charge < -0.3 is 14.4 Å². The fourth-order valence-corrected chi connectivity index (χ4v) is 1.34. The summed E-state index contributed by atoms with van der Waals surface area (Å²) in [4.78, 5) is 14.0. The molecule has 0 amide bonds. The van der Waals surface area contributed by atoms with E-state index in [0.29, 0.717) is 12.1 Å². The van der Waals surface area contributed by atoms with Gasteiger partial charge in [-0.05, 0) is 12.1 Å². The van der Waals surface area contributed by atoms with E-state index in [0.717, 1.165) is 0 Å². The minimum atomic E-state index is -1.60. The molecule has 0 aliphatic heterocycles. The molecule has 0 unspecified atom stereocenters. The Balaban J connectivity index is 2.14. The second kappa shape index (κ2) is 5.70. The number of aliphatic carboxylic acids is 1. The topological polar surface area (TPSA) is 85.5 Å². The molecule has 1 heterocycles. The lowest BCUT2D eigenvalue weighted by Crippen LogP contribution is -2.06. The van der Waals surface area contributed by atoms with Crippen molar-refractivity contribution in [3.05, 3.63) is 35.5 Å². The van der Waals surface area contributed by atoms with Crippen LogP contribution in [-0.4, -0.2) is 27.8 Å². The molecule has 0 saturated carbocycles. The van der Waals surface area contributed by atoms with Crippen LogP contribution in [0.5, 0.6) is 0 Å². The van der Waals surface area contributed by atoms with E-state index in [4.69, 9.17) is 14.4 Å². The number of ether oxygens (including phenoxy) is 1. The number of carboxylic acids is 1. The average Bonchev–Trinajstić information content (AvgIpc) is 2.83. The SMILES string of the molecule is O=C(O)COCc1nc(-c2cc(F)c(F)c(F)c2)no1. The fourth-order valence-electron chi connectivity index (χ4n) is 1.34. The molecule has 20 heavy (non-hydrogen) atoms. The van der Waals surface area contributed by atoms with Crippen molar-refractivity contribution in [3.63, 3.8) is 0 Å². The monoisotopic (exact) mass is 288 g/mol. The lowest BCUT2D eigenvalue weighted by Gasteiger charge is -1.98. The van der Waals surface area contributed by atoms with Gasteiger partial charge in [0.25, 0.3) is 5.89 Å². The van der Waals surface area contributed by atoms with Gasteiger partial charge in [-0.3, -0.25) is 0 Å². The maximum Gasteiger partial charge on any atom is 0.329 e. The van der Waals surface area contributed by atoms with Crippen molar-refractivity contribution in [1.82, 2.24) is 10.1 Å². The van der Waals surface area contributed by atoms with E-state index in [1.807, 2.05) is 0 Å². The predicted octanol–water partition coefficient (Wildman–Crippen LogP) is 1.76. The minimum Gasteiger partial charge on any atom is -0.480 e. The highest BCUT2D eigenvalue weighted by Crippen LogP contribution is 2.21. The van der Waals surface area contributed by atoms with E-state index in [1.165, 1.54) is 0 Å². The standard InChI is InChI=1S/C11H7F3N2O4/c12-6-1-5(2-7(13)10(6)14)11-15-8(20-16-11)3-19-4-9(17)18/h1-2H,3-4H2,(H,17,18). The molecule has 1 aromatic carbocycles. The Labute approximate surface area is 109 Å². The molecule has 2 rings (SSSR count). The zero-order valence-electron chi connectivity index (χ0n) is 9.77. The molecule has 0 atom stereocenters. The summed E-state index contributed by atoms with van der Waals surface area (Å²) >= 11 is 0. The molecule has 0 radical (unpaired) electrons. The third-order valence-corrected chi connectivity index (χ3v) is 2.16. The molecule has 1 N–H and O–H groups in total. The lowest BCUT2D eigenvalue weighted by molar-refractivity contribution is -0.142. The molecule has 2 aromatic rings. The first-order valence-electron chi connectivity index (χ1n) is 5.24. The highest BCUT2D eigenvalue weighted by Gasteiger charge is 2.15. The predicted molar refractivity (Wildman–Crippen MR) is 56.9 cm³/mol. The molecule has 1 aromatic heterocycles. The summed E-state index contributed by atoms with van der Waals surface area (Å²) in [6.45, 7) is -0.830. The molecule has 0 fully saturated rings. The van der Waals surface area contributed by atoms with Gasteiger partial charge in [0.05, 0.1) is 0 Å².